The third-order valence-electron chi connectivity index (χ3n) is 3.15. The zero-order valence-electron chi connectivity index (χ0n) is 12.2. The quantitative estimate of drug-likeness (QED) is 0.338. The van der Waals surface area contributed by atoms with Crippen LogP contribution in [-0.4, -0.2) is 30.8 Å². The maximum atomic E-state index is 12.7. The first-order valence-corrected chi connectivity index (χ1v) is 8.56. The van der Waals surface area contributed by atoms with E-state index in [9.17, 15) is 31.2 Å². The molecule has 0 heterocycles. The van der Waals surface area contributed by atoms with E-state index in [4.69, 9.17) is 5.11 Å². The van der Waals surface area contributed by atoms with E-state index in [1.807, 2.05) is 0 Å². The lowest BCUT2D eigenvalue weighted by Gasteiger charge is -2.16. The predicted molar refractivity (Wildman–Crippen MR) is 84.0 cm³/mol. The fraction of sp³-hybridized carbons (Fsp3) is 0.143. The lowest BCUT2D eigenvalue weighted by molar-refractivity contribution is -0.131. The molecule has 11 heteroatoms. The summed E-state index contributed by atoms with van der Waals surface area (Å²) < 4.78 is 65.3. The van der Waals surface area contributed by atoms with E-state index < -0.39 is 38.7 Å². The van der Waals surface area contributed by atoms with Crippen LogP contribution in [0.4, 0.5) is 13.2 Å². The molecule has 134 valence electrons. The molecule has 0 unspecified atom stereocenters. The van der Waals surface area contributed by atoms with Crippen LogP contribution in [-0.2, 0) is 14.9 Å². The molecule has 25 heavy (non-hydrogen) atoms. The fourth-order valence-corrected chi connectivity index (χ4v) is 2.95. The van der Waals surface area contributed by atoms with Crippen LogP contribution in [0.3, 0.4) is 0 Å². The molecule has 0 aliphatic carbocycles. The second-order valence-corrected chi connectivity index (χ2v) is 7.33. The minimum Gasteiger partial charge on any atom is -0.475 e. The van der Waals surface area contributed by atoms with Gasteiger partial charge in [0, 0.05) is 9.86 Å². The van der Waals surface area contributed by atoms with E-state index in [1.54, 1.807) is 0 Å². The number of ketones is 1. The number of aryl methyl sites for hydroxylation is 1. The molecule has 2 aromatic rings. The molecular weight excluding hydrogens is 433 g/mol. The number of fused-ring (bicyclic) bond motifs is 1. The van der Waals surface area contributed by atoms with Gasteiger partial charge < -0.3 is 9.29 Å². The number of aliphatic carboxylic acids is 1. The van der Waals surface area contributed by atoms with Gasteiger partial charge in [-0.15, -0.1) is 0 Å². The lowest BCUT2D eigenvalue weighted by Crippen LogP contribution is -2.29. The first-order valence-electron chi connectivity index (χ1n) is 6.36. The van der Waals surface area contributed by atoms with E-state index in [-0.39, 0.29) is 16.3 Å². The number of carboxylic acids is 1. The molecule has 0 saturated heterocycles. The maximum Gasteiger partial charge on any atom is 0.534 e. The van der Waals surface area contributed by atoms with Gasteiger partial charge in [0.25, 0.3) is 5.78 Å². The highest BCUT2D eigenvalue weighted by Gasteiger charge is 2.49. The molecular formula is C14H8BrF3O6S. The molecule has 2 rings (SSSR count). The van der Waals surface area contributed by atoms with E-state index in [0.717, 1.165) is 0 Å². The van der Waals surface area contributed by atoms with Gasteiger partial charge in [-0.05, 0) is 30.0 Å². The number of carboxylic acid groups (broad SMARTS) is 1. The number of carbonyl (C=O) groups is 2. The second-order valence-electron chi connectivity index (χ2n) is 4.88. The third-order valence-corrected chi connectivity index (χ3v) is 4.60. The Hall–Kier alpha value is -2.14. The van der Waals surface area contributed by atoms with Crippen molar-refractivity contribution in [3.05, 3.63) is 39.9 Å². The summed E-state index contributed by atoms with van der Waals surface area (Å²) in [5.74, 6) is -4.54. The van der Waals surface area contributed by atoms with Crippen LogP contribution in [0.5, 0.6) is 5.75 Å². The lowest BCUT2D eigenvalue weighted by atomic mass is 9.97. The van der Waals surface area contributed by atoms with Gasteiger partial charge in [0.1, 0.15) is 0 Å². The molecule has 0 aliphatic heterocycles. The minimum atomic E-state index is -6.11. The van der Waals surface area contributed by atoms with Crippen molar-refractivity contribution in [1.29, 1.82) is 0 Å². The largest absolute Gasteiger partial charge is 0.534 e. The van der Waals surface area contributed by atoms with Crippen molar-refractivity contribution in [3.63, 3.8) is 0 Å². The molecule has 0 spiro atoms. The van der Waals surface area contributed by atoms with E-state index >= 15 is 0 Å². The van der Waals surface area contributed by atoms with Crippen molar-refractivity contribution >= 4 is 48.6 Å². The SMILES string of the molecule is Cc1cc2ccc(Br)cc2c(OS(=O)(=O)C(F)(F)F)c1C(=O)C(=O)O. The van der Waals surface area contributed by atoms with E-state index in [0.29, 0.717) is 4.47 Å². The molecule has 0 atom stereocenters. The first-order chi connectivity index (χ1) is 11.3. The van der Waals surface area contributed by atoms with Crippen molar-refractivity contribution in [2.24, 2.45) is 0 Å². The van der Waals surface area contributed by atoms with Crippen LogP contribution in [0.1, 0.15) is 15.9 Å². The Morgan fingerprint density at radius 3 is 2.32 bits per heavy atom. The zero-order valence-corrected chi connectivity index (χ0v) is 14.6. The normalized spacial score (nSPS) is 12.2. The average Bonchev–Trinajstić information content (AvgIpc) is 2.46. The monoisotopic (exact) mass is 440 g/mol. The smallest absolute Gasteiger partial charge is 0.475 e. The van der Waals surface area contributed by atoms with Crippen LogP contribution in [0, 0.1) is 6.92 Å². The molecule has 0 fully saturated rings. The highest BCUT2D eigenvalue weighted by atomic mass is 79.9. The minimum absolute atomic E-state index is 0.0467. The summed E-state index contributed by atoms with van der Waals surface area (Å²) in [7, 11) is -6.11. The summed E-state index contributed by atoms with van der Waals surface area (Å²) in [4.78, 5) is 22.9. The standard InChI is InChI=1S/C14H8BrF3O6S/c1-6-4-7-2-3-8(15)5-9(7)12(10(6)11(19)13(20)21)24-25(22,23)14(16,17)18/h2-5H,1H3,(H,20,21). The number of halogens is 4. The van der Waals surface area contributed by atoms with Crippen molar-refractivity contribution < 1.29 is 40.5 Å². The van der Waals surface area contributed by atoms with Gasteiger partial charge in [0.05, 0.1) is 5.56 Å². The van der Waals surface area contributed by atoms with Crippen LogP contribution in [0.2, 0.25) is 0 Å². The molecule has 0 amide bonds. The summed E-state index contributed by atoms with van der Waals surface area (Å²) in [5, 5.41) is 8.97. The summed E-state index contributed by atoms with van der Waals surface area (Å²) in [5.41, 5.74) is -6.57. The molecule has 6 nitrogen and oxygen atoms in total. The Balaban J connectivity index is 2.90. The van der Waals surface area contributed by atoms with E-state index in [1.165, 1.54) is 31.2 Å². The predicted octanol–water partition coefficient (Wildman–Crippen LogP) is 3.41. The molecule has 0 bridgehead atoms. The molecule has 0 aromatic heterocycles. The van der Waals surface area contributed by atoms with Crippen molar-refractivity contribution in [3.8, 4) is 5.75 Å². The Morgan fingerprint density at radius 1 is 1.20 bits per heavy atom. The Kier molecular flexibility index (Phi) is 4.83. The summed E-state index contributed by atoms with van der Waals surface area (Å²) >= 11 is 3.07. The van der Waals surface area contributed by atoms with Gasteiger partial charge in [-0.2, -0.15) is 21.6 Å². The van der Waals surface area contributed by atoms with Gasteiger partial charge in [0.2, 0.25) is 0 Å². The number of alkyl halides is 3. The highest BCUT2D eigenvalue weighted by molar-refractivity contribution is 9.10. The summed E-state index contributed by atoms with van der Waals surface area (Å²) in [6.07, 6.45) is 0. The summed E-state index contributed by atoms with van der Waals surface area (Å²) in [6.45, 7) is 1.25. The number of rotatable bonds is 4. The van der Waals surface area contributed by atoms with Crippen LogP contribution >= 0.6 is 15.9 Å². The van der Waals surface area contributed by atoms with Crippen LogP contribution < -0.4 is 4.18 Å². The number of carbonyl (C=O) groups excluding carboxylic acids is 1. The Bertz CT molecular complexity index is 998. The number of Topliss-reactive ketones (excluding diaryl/α,β-unsaturated/α-hetero) is 1. The van der Waals surface area contributed by atoms with Crippen molar-refractivity contribution in [2.75, 3.05) is 0 Å². The van der Waals surface area contributed by atoms with Crippen LogP contribution in [0.25, 0.3) is 10.8 Å². The molecule has 0 radical (unpaired) electrons. The molecule has 2 aromatic carbocycles. The number of hydrogen-bond donors (Lipinski definition) is 1. The topological polar surface area (TPSA) is 97.7 Å². The number of hydrogen-bond acceptors (Lipinski definition) is 5. The third kappa shape index (κ3) is 3.61. The van der Waals surface area contributed by atoms with Crippen LogP contribution in [0.15, 0.2) is 28.7 Å². The van der Waals surface area contributed by atoms with Gasteiger partial charge in [0.15, 0.2) is 5.75 Å². The summed E-state index contributed by atoms with van der Waals surface area (Å²) in [6, 6.07) is 5.52. The molecule has 0 saturated carbocycles. The second kappa shape index (κ2) is 6.30. The Morgan fingerprint density at radius 2 is 1.80 bits per heavy atom. The van der Waals surface area contributed by atoms with Gasteiger partial charge >= 0.3 is 21.6 Å². The molecule has 0 aliphatic rings. The van der Waals surface area contributed by atoms with Gasteiger partial charge in [-0.1, -0.05) is 28.1 Å². The van der Waals surface area contributed by atoms with E-state index in [2.05, 4.69) is 20.1 Å². The van der Waals surface area contributed by atoms with Crippen molar-refractivity contribution in [2.45, 2.75) is 12.4 Å². The van der Waals surface area contributed by atoms with Gasteiger partial charge in [-0.25, -0.2) is 4.79 Å². The average molecular weight is 441 g/mol. The first kappa shape index (κ1) is 19.2. The molecule has 1 N–H and O–H groups in total. The fourth-order valence-electron chi connectivity index (χ4n) is 2.10. The van der Waals surface area contributed by atoms with Gasteiger partial charge in [-0.3, -0.25) is 4.79 Å². The number of benzene rings is 2. The highest BCUT2D eigenvalue weighted by Crippen LogP contribution is 2.38. The Labute approximate surface area is 147 Å². The zero-order chi connectivity index (χ0) is 19.2. The maximum absolute atomic E-state index is 12.7. The van der Waals surface area contributed by atoms with Crippen molar-refractivity contribution in [1.82, 2.24) is 0 Å².